The first-order valence-electron chi connectivity index (χ1n) is 6.52. The minimum atomic E-state index is 0.175. The minimum Gasteiger partial charge on any atom is -0.494 e. The van der Waals surface area contributed by atoms with Crippen molar-refractivity contribution in [2.75, 3.05) is 19.7 Å². The van der Waals surface area contributed by atoms with Crippen molar-refractivity contribution in [2.24, 2.45) is 0 Å². The van der Waals surface area contributed by atoms with Gasteiger partial charge in [-0.05, 0) is 31.5 Å². The first kappa shape index (κ1) is 12.9. The van der Waals surface area contributed by atoms with Crippen LogP contribution in [0.25, 0.3) is 0 Å². The van der Waals surface area contributed by atoms with E-state index in [0.717, 1.165) is 31.7 Å². The normalized spacial score (nSPS) is 18.7. The van der Waals surface area contributed by atoms with Crippen LogP contribution in [0.15, 0.2) is 30.3 Å². The maximum absolute atomic E-state index is 11.0. The number of carbonyl (C=O) groups is 1. The average Bonchev–Trinajstić information content (AvgIpc) is 2.81. The molecule has 1 aliphatic rings. The molecule has 1 saturated heterocycles. The number of hydrogen-bond donors (Lipinski definition) is 2. The van der Waals surface area contributed by atoms with Crippen LogP contribution in [0.4, 0.5) is 0 Å². The lowest BCUT2D eigenvalue weighted by Crippen LogP contribution is -2.36. The number of ether oxygens (including phenoxy) is 1. The van der Waals surface area contributed by atoms with Gasteiger partial charge in [0, 0.05) is 19.0 Å². The van der Waals surface area contributed by atoms with Crippen molar-refractivity contribution in [3.8, 4) is 5.75 Å². The van der Waals surface area contributed by atoms with Gasteiger partial charge in [-0.3, -0.25) is 4.79 Å². The van der Waals surface area contributed by atoms with Gasteiger partial charge in [0.25, 0.3) is 0 Å². The van der Waals surface area contributed by atoms with E-state index < -0.39 is 0 Å². The molecule has 4 heteroatoms. The lowest BCUT2D eigenvalue weighted by atomic mass is 10.2. The van der Waals surface area contributed by atoms with Gasteiger partial charge in [-0.25, -0.2) is 0 Å². The van der Waals surface area contributed by atoms with Crippen LogP contribution in [-0.2, 0) is 4.79 Å². The Hall–Kier alpha value is -1.55. The highest BCUT2D eigenvalue weighted by molar-refractivity contribution is 5.78. The summed E-state index contributed by atoms with van der Waals surface area (Å²) in [4.78, 5) is 11.0. The van der Waals surface area contributed by atoms with Crippen molar-refractivity contribution < 1.29 is 9.53 Å². The predicted molar refractivity (Wildman–Crippen MR) is 70.6 cm³/mol. The summed E-state index contributed by atoms with van der Waals surface area (Å²) in [5.41, 5.74) is 0. The van der Waals surface area contributed by atoms with Crippen molar-refractivity contribution in [3.05, 3.63) is 30.3 Å². The van der Waals surface area contributed by atoms with Crippen LogP contribution < -0.4 is 15.4 Å². The van der Waals surface area contributed by atoms with Crippen molar-refractivity contribution in [1.29, 1.82) is 0 Å². The van der Waals surface area contributed by atoms with Gasteiger partial charge in [-0.2, -0.15) is 0 Å². The lowest BCUT2D eigenvalue weighted by molar-refractivity contribution is -0.119. The van der Waals surface area contributed by atoms with Gasteiger partial charge < -0.3 is 15.4 Å². The Bertz CT molecular complexity index is 367. The summed E-state index contributed by atoms with van der Waals surface area (Å²) in [7, 11) is 0. The fraction of sp³-hybridized carbons (Fsp3) is 0.500. The SMILES string of the molecule is O=C1CCC(CNCCCOc2ccccc2)N1. The van der Waals surface area contributed by atoms with E-state index in [9.17, 15) is 4.79 Å². The molecule has 1 unspecified atom stereocenters. The van der Waals surface area contributed by atoms with Crippen LogP contribution in [0.5, 0.6) is 5.75 Å². The molecular formula is C14H20N2O2. The molecule has 98 valence electrons. The average molecular weight is 248 g/mol. The molecule has 18 heavy (non-hydrogen) atoms. The molecular weight excluding hydrogens is 228 g/mol. The Kier molecular flexibility index (Phi) is 5.02. The summed E-state index contributed by atoms with van der Waals surface area (Å²) in [5, 5.41) is 6.28. The van der Waals surface area contributed by atoms with E-state index >= 15 is 0 Å². The van der Waals surface area contributed by atoms with Crippen molar-refractivity contribution >= 4 is 5.91 Å². The zero-order valence-electron chi connectivity index (χ0n) is 10.5. The Morgan fingerprint density at radius 2 is 2.17 bits per heavy atom. The van der Waals surface area contributed by atoms with Gasteiger partial charge in [0.15, 0.2) is 0 Å². The second-order valence-corrected chi connectivity index (χ2v) is 4.52. The van der Waals surface area contributed by atoms with Crippen molar-refractivity contribution in [2.45, 2.75) is 25.3 Å². The topological polar surface area (TPSA) is 50.4 Å². The van der Waals surface area contributed by atoms with Crippen LogP contribution >= 0.6 is 0 Å². The Morgan fingerprint density at radius 1 is 1.33 bits per heavy atom. The van der Waals surface area contributed by atoms with Crippen LogP contribution in [0.2, 0.25) is 0 Å². The molecule has 1 fully saturated rings. The van der Waals surface area contributed by atoms with Gasteiger partial charge >= 0.3 is 0 Å². The molecule has 0 aromatic heterocycles. The first-order valence-corrected chi connectivity index (χ1v) is 6.52. The largest absolute Gasteiger partial charge is 0.494 e. The summed E-state index contributed by atoms with van der Waals surface area (Å²) in [5.74, 6) is 1.09. The number of amides is 1. The van der Waals surface area contributed by atoms with E-state index in [4.69, 9.17) is 4.74 Å². The highest BCUT2D eigenvalue weighted by atomic mass is 16.5. The Balaban J connectivity index is 1.48. The molecule has 0 bridgehead atoms. The molecule has 0 radical (unpaired) electrons. The fourth-order valence-electron chi connectivity index (χ4n) is 2.01. The van der Waals surface area contributed by atoms with Gasteiger partial charge in [0.2, 0.25) is 5.91 Å². The second-order valence-electron chi connectivity index (χ2n) is 4.52. The number of benzene rings is 1. The fourth-order valence-corrected chi connectivity index (χ4v) is 2.01. The lowest BCUT2D eigenvalue weighted by Gasteiger charge is -2.11. The third-order valence-corrected chi connectivity index (χ3v) is 2.99. The molecule has 1 aromatic carbocycles. The van der Waals surface area contributed by atoms with Crippen molar-refractivity contribution in [3.63, 3.8) is 0 Å². The zero-order chi connectivity index (χ0) is 12.6. The van der Waals surface area contributed by atoms with Crippen LogP contribution in [-0.4, -0.2) is 31.6 Å². The van der Waals surface area contributed by atoms with Crippen LogP contribution in [0.1, 0.15) is 19.3 Å². The molecule has 1 aliphatic heterocycles. The quantitative estimate of drug-likeness (QED) is 0.716. The standard InChI is InChI=1S/C14H20N2O2/c17-14-8-7-12(16-14)11-15-9-4-10-18-13-5-2-1-3-6-13/h1-3,5-6,12,15H,4,7-11H2,(H,16,17). The smallest absolute Gasteiger partial charge is 0.220 e. The van der Waals surface area contributed by atoms with Gasteiger partial charge in [-0.1, -0.05) is 18.2 Å². The predicted octanol–water partition coefficient (Wildman–Crippen LogP) is 1.32. The highest BCUT2D eigenvalue weighted by Crippen LogP contribution is 2.08. The summed E-state index contributed by atoms with van der Waals surface area (Å²) >= 11 is 0. The third kappa shape index (κ3) is 4.37. The summed E-state index contributed by atoms with van der Waals surface area (Å²) in [6.07, 6.45) is 2.59. The molecule has 2 N–H and O–H groups in total. The third-order valence-electron chi connectivity index (χ3n) is 2.99. The molecule has 1 aromatic rings. The number of para-hydroxylation sites is 1. The van der Waals surface area contributed by atoms with E-state index in [1.807, 2.05) is 30.3 Å². The molecule has 0 aliphatic carbocycles. The van der Waals surface area contributed by atoms with E-state index in [1.54, 1.807) is 0 Å². The molecule has 1 amide bonds. The zero-order valence-corrected chi connectivity index (χ0v) is 10.5. The molecule has 1 atom stereocenters. The van der Waals surface area contributed by atoms with E-state index in [0.29, 0.717) is 19.1 Å². The highest BCUT2D eigenvalue weighted by Gasteiger charge is 2.19. The van der Waals surface area contributed by atoms with E-state index in [-0.39, 0.29) is 5.91 Å². The van der Waals surface area contributed by atoms with E-state index in [1.165, 1.54) is 0 Å². The van der Waals surface area contributed by atoms with Gasteiger partial charge in [0.05, 0.1) is 6.61 Å². The number of rotatable bonds is 7. The van der Waals surface area contributed by atoms with Crippen LogP contribution in [0.3, 0.4) is 0 Å². The maximum Gasteiger partial charge on any atom is 0.220 e. The maximum atomic E-state index is 11.0. The number of nitrogens with one attached hydrogen (secondary N) is 2. The minimum absolute atomic E-state index is 0.175. The number of hydrogen-bond acceptors (Lipinski definition) is 3. The van der Waals surface area contributed by atoms with Crippen LogP contribution in [0, 0.1) is 0 Å². The first-order chi connectivity index (χ1) is 8.84. The Morgan fingerprint density at radius 3 is 2.89 bits per heavy atom. The molecule has 0 spiro atoms. The summed E-state index contributed by atoms with van der Waals surface area (Å²) in [6.45, 7) is 2.49. The molecule has 4 nitrogen and oxygen atoms in total. The monoisotopic (exact) mass is 248 g/mol. The molecule has 1 heterocycles. The Labute approximate surface area is 108 Å². The second kappa shape index (κ2) is 7.01. The van der Waals surface area contributed by atoms with E-state index in [2.05, 4.69) is 10.6 Å². The van der Waals surface area contributed by atoms with Gasteiger partial charge in [0.1, 0.15) is 5.75 Å². The molecule has 0 saturated carbocycles. The van der Waals surface area contributed by atoms with Gasteiger partial charge in [-0.15, -0.1) is 0 Å². The summed E-state index contributed by atoms with van der Waals surface area (Å²) < 4.78 is 5.59. The molecule has 2 rings (SSSR count). The number of carbonyl (C=O) groups excluding carboxylic acids is 1. The van der Waals surface area contributed by atoms with Crippen molar-refractivity contribution in [1.82, 2.24) is 10.6 Å². The summed E-state index contributed by atoms with van der Waals surface area (Å²) in [6, 6.07) is 10.1.